The van der Waals surface area contributed by atoms with E-state index in [0.717, 1.165) is 49.8 Å². The minimum Gasteiger partial charge on any atom is -0.352 e. The maximum Gasteiger partial charge on any atom is 0.326 e. The first kappa shape index (κ1) is 19.2. The molecular weight excluding hydrogens is 352 g/mol. The molecule has 4 rings (SSSR count). The summed E-state index contributed by atoms with van der Waals surface area (Å²) < 4.78 is 1.90. The minimum absolute atomic E-state index is 0.0262. The maximum atomic E-state index is 12.5. The summed E-state index contributed by atoms with van der Waals surface area (Å²) in [5, 5.41) is 3.27. The highest BCUT2D eigenvalue weighted by Gasteiger charge is 2.25. The van der Waals surface area contributed by atoms with Crippen molar-refractivity contribution < 1.29 is 4.79 Å². The molecule has 6 nitrogen and oxygen atoms in total. The molecule has 2 aromatic rings. The van der Waals surface area contributed by atoms with Crippen molar-refractivity contribution in [2.24, 2.45) is 0 Å². The number of hydrogen-bond donors (Lipinski definition) is 2. The van der Waals surface area contributed by atoms with E-state index in [9.17, 15) is 9.59 Å². The fourth-order valence-corrected chi connectivity index (χ4v) is 4.85. The van der Waals surface area contributed by atoms with Crippen LogP contribution in [0.25, 0.3) is 11.0 Å². The summed E-state index contributed by atoms with van der Waals surface area (Å²) in [4.78, 5) is 30.1. The van der Waals surface area contributed by atoms with Crippen molar-refractivity contribution >= 4 is 16.9 Å². The van der Waals surface area contributed by atoms with Gasteiger partial charge < -0.3 is 10.3 Å². The second kappa shape index (κ2) is 8.95. The summed E-state index contributed by atoms with van der Waals surface area (Å²) in [7, 11) is 0. The van der Waals surface area contributed by atoms with E-state index >= 15 is 0 Å². The molecular formula is C22H32N4O2. The number of rotatable bonds is 4. The highest BCUT2D eigenvalue weighted by molar-refractivity contribution is 5.78. The molecule has 1 aromatic heterocycles. The molecule has 1 aliphatic heterocycles. The van der Waals surface area contributed by atoms with Crippen LogP contribution in [0.15, 0.2) is 29.1 Å². The zero-order chi connectivity index (χ0) is 19.3. The number of aromatic amines is 1. The lowest BCUT2D eigenvalue weighted by atomic mass is 9.97. The van der Waals surface area contributed by atoms with Gasteiger partial charge >= 0.3 is 5.69 Å². The van der Waals surface area contributed by atoms with Gasteiger partial charge in [-0.1, -0.05) is 44.2 Å². The normalized spacial score (nSPS) is 20.7. The van der Waals surface area contributed by atoms with Gasteiger partial charge in [0.25, 0.3) is 0 Å². The van der Waals surface area contributed by atoms with Crippen molar-refractivity contribution in [1.82, 2.24) is 19.8 Å². The first-order valence-corrected chi connectivity index (χ1v) is 10.9. The Bertz CT molecular complexity index is 840. The fraction of sp³-hybridized carbons (Fsp3) is 0.636. The van der Waals surface area contributed by atoms with Crippen molar-refractivity contribution in [1.29, 1.82) is 0 Å². The van der Waals surface area contributed by atoms with E-state index < -0.39 is 0 Å². The summed E-state index contributed by atoms with van der Waals surface area (Å²) in [6.45, 7) is 2.19. The zero-order valence-electron chi connectivity index (χ0n) is 16.7. The minimum atomic E-state index is -0.0262. The Morgan fingerprint density at radius 2 is 1.68 bits per heavy atom. The topological polar surface area (TPSA) is 70.1 Å². The Hall–Kier alpha value is -2.08. The quantitative estimate of drug-likeness (QED) is 0.850. The third-order valence-corrected chi connectivity index (χ3v) is 6.38. The number of piperidine rings is 1. The summed E-state index contributed by atoms with van der Waals surface area (Å²) >= 11 is 0. The fourth-order valence-electron chi connectivity index (χ4n) is 4.85. The van der Waals surface area contributed by atoms with Gasteiger partial charge in [-0.05, 0) is 37.8 Å². The number of carbonyl (C=O) groups is 1. The van der Waals surface area contributed by atoms with E-state index in [4.69, 9.17) is 0 Å². The summed E-state index contributed by atoms with van der Waals surface area (Å²) in [5.41, 5.74) is 1.85. The molecule has 0 bridgehead atoms. The third kappa shape index (κ3) is 4.49. The number of fused-ring (bicyclic) bond motifs is 1. The van der Waals surface area contributed by atoms with Crippen LogP contribution in [0.2, 0.25) is 0 Å². The molecule has 2 aliphatic rings. The zero-order valence-corrected chi connectivity index (χ0v) is 16.7. The van der Waals surface area contributed by atoms with Crippen molar-refractivity contribution in [2.45, 2.75) is 69.9 Å². The Kier molecular flexibility index (Phi) is 6.15. The van der Waals surface area contributed by atoms with Gasteiger partial charge in [0.05, 0.1) is 17.6 Å². The highest BCUT2D eigenvalue weighted by atomic mass is 16.2. The van der Waals surface area contributed by atoms with E-state index in [1.54, 1.807) is 0 Å². The standard InChI is InChI=1S/C22H32N4O2/c27-21(23-17-8-4-2-1-3-5-9-17)16-25-14-12-18(13-15-25)26-20-11-7-6-10-19(20)24-22(26)28/h6-7,10-11,17-18H,1-5,8-9,12-16H2,(H,23,27)(H,24,28). The predicted octanol–water partition coefficient (Wildman–Crippen LogP) is 3.20. The van der Waals surface area contributed by atoms with Gasteiger partial charge in [0.1, 0.15) is 0 Å². The second-order valence-corrected chi connectivity index (χ2v) is 8.43. The van der Waals surface area contributed by atoms with Crippen LogP contribution in [-0.4, -0.2) is 46.0 Å². The van der Waals surface area contributed by atoms with Crippen LogP contribution in [0, 0.1) is 0 Å². The average molecular weight is 385 g/mol. The van der Waals surface area contributed by atoms with Crippen molar-refractivity contribution in [3.05, 3.63) is 34.7 Å². The molecule has 2 heterocycles. The van der Waals surface area contributed by atoms with Crippen LogP contribution in [0.1, 0.15) is 63.8 Å². The number of hydrogen-bond acceptors (Lipinski definition) is 3. The van der Waals surface area contributed by atoms with Crippen LogP contribution in [-0.2, 0) is 4.79 Å². The number of nitrogens with zero attached hydrogens (tertiary/aromatic N) is 2. The Morgan fingerprint density at radius 3 is 2.43 bits per heavy atom. The van der Waals surface area contributed by atoms with E-state index in [2.05, 4.69) is 15.2 Å². The molecule has 0 spiro atoms. The van der Waals surface area contributed by atoms with Crippen molar-refractivity contribution in [3.8, 4) is 0 Å². The molecule has 0 unspecified atom stereocenters. The smallest absolute Gasteiger partial charge is 0.326 e. The van der Waals surface area contributed by atoms with Crippen molar-refractivity contribution in [2.75, 3.05) is 19.6 Å². The number of amides is 1. The number of benzene rings is 1. The van der Waals surface area contributed by atoms with Crippen LogP contribution in [0.5, 0.6) is 0 Å². The van der Waals surface area contributed by atoms with Gasteiger partial charge in [-0.2, -0.15) is 0 Å². The van der Waals surface area contributed by atoms with Crippen LogP contribution >= 0.6 is 0 Å². The Morgan fingerprint density at radius 1 is 1.00 bits per heavy atom. The number of likely N-dealkylation sites (tertiary alicyclic amines) is 1. The van der Waals surface area contributed by atoms with E-state index in [1.807, 2.05) is 28.8 Å². The molecule has 1 amide bonds. The monoisotopic (exact) mass is 384 g/mol. The summed E-state index contributed by atoms with van der Waals surface area (Å²) in [6, 6.07) is 8.43. The molecule has 1 saturated carbocycles. The molecule has 2 fully saturated rings. The number of H-pyrrole nitrogens is 1. The Labute approximate surface area is 166 Å². The van der Waals surface area contributed by atoms with Crippen LogP contribution < -0.4 is 11.0 Å². The lowest BCUT2D eigenvalue weighted by molar-refractivity contribution is -0.123. The lowest BCUT2D eigenvalue weighted by Gasteiger charge is -2.32. The molecule has 0 radical (unpaired) electrons. The first-order chi connectivity index (χ1) is 13.7. The van der Waals surface area contributed by atoms with Crippen LogP contribution in [0.4, 0.5) is 0 Å². The average Bonchev–Trinajstić information content (AvgIpc) is 3.00. The third-order valence-electron chi connectivity index (χ3n) is 6.38. The van der Waals surface area contributed by atoms with Gasteiger partial charge in [0.2, 0.25) is 5.91 Å². The number of carbonyl (C=O) groups excluding carboxylic acids is 1. The predicted molar refractivity (Wildman–Crippen MR) is 112 cm³/mol. The molecule has 28 heavy (non-hydrogen) atoms. The number of aromatic nitrogens is 2. The molecule has 1 aliphatic carbocycles. The second-order valence-electron chi connectivity index (χ2n) is 8.43. The maximum absolute atomic E-state index is 12.5. The molecule has 1 aromatic carbocycles. The largest absolute Gasteiger partial charge is 0.352 e. The van der Waals surface area contributed by atoms with Gasteiger partial charge in [-0.25, -0.2) is 4.79 Å². The summed E-state index contributed by atoms with van der Waals surface area (Å²) in [6.07, 6.45) is 10.5. The lowest BCUT2D eigenvalue weighted by Crippen LogP contribution is -2.45. The Balaban J connectivity index is 1.29. The van der Waals surface area contributed by atoms with Crippen LogP contribution in [0.3, 0.4) is 0 Å². The SMILES string of the molecule is O=C(CN1CCC(n2c(=O)[nH]c3ccccc32)CC1)NC1CCCCCCC1. The highest BCUT2D eigenvalue weighted by Crippen LogP contribution is 2.24. The molecule has 0 atom stereocenters. The molecule has 1 saturated heterocycles. The molecule has 152 valence electrons. The first-order valence-electron chi connectivity index (χ1n) is 10.9. The number of nitrogens with one attached hydrogen (secondary N) is 2. The van der Waals surface area contributed by atoms with Gasteiger partial charge in [0, 0.05) is 25.2 Å². The number of para-hydroxylation sites is 2. The van der Waals surface area contributed by atoms with Gasteiger partial charge in [0.15, 0.2) is 0 Å². The van der Waals surface area contributed by atoms with Gasteiger partial charge in [-0.3, -0.25) is 14.3 Å². The molecule has 6 heteroatoms. The van der Waals surface area contributed by atoms with Gasteiger partial charge in [-0.15, -0.1) is 0 Å². The van der Waals surface area contributed by atoms with E-state index in [1.165, 1.54) is 32.1 Å². The number of imidazole rings is 1. The van der Waals surface area contributed by atoms with Crippen molar-refractivity contribution in [3.63, 3.8) is 0 Å². The molecule has 2 N–H and O–H groups in total. The summed E-state index contributed by atoms with van der Waals surface area (Å²) in [5.74, 6) is 0.160. The van der Waals surface area contributed by atoms with E-state index in [0.29, 0.717) is 12.6 Å². The van der Waals surface area contributed by atoms with E-state index in [-0.39, 0.29) is 17.6 Å².